The lowest BCUT2D eigenvalue weighted by Crippen LogP contribution is -2.62. The van der Waals surface area contributed by atoms with Crippen LogP contribution < -0.4 is 20.6 Å². The van der Waals surface area contributed by atoms with Gasteiger partial charge in [-0.3, -0.25) is 0 Å². The van der Waals surface area contributed by atoms with Crippen molar-refractivity contribution in [3.05, 3.63) is 210 Å². The monoisotopic (exact) mass is 834 g/mol. The van der Waals surface area contributed by atoms with E-state index in [0.29, 0.717) is 0 Å². The fraction of sp³-hybridized carbons (Fsp3) is 0.0847. The zero-order valence-electron chi connectivity index (χ0n) is 35.6. The van der Waals surface area contributed by atoms with Gasteiger partial charge in [-0.05, 0) is 97.2 Å². The molecule has 3 nitrogen and oxygen atoms in total. The normalized spacial score (nSPS) is 14.8. The SMILES string of the molecule is CC(C)(C)c1ccc(N2B3c4cccc5c4N(c4ccccc4C54c5ccccc5-c5ccccc54)c4cc5oc6ccccc6c5c(c43)-c3ccc4sc5ccccc5c4c32)cc1. The van der Waals surface area contributed by atoms with E-state index in [9.17, 15) is 0 Å². The van der Waals surface area contributed by atoms with E-state index >= 15 is 0 Å². The highest BCUT2D eigenvalue weighted by Gasteiger charge is 2.56. The van der Waals surface area contributed by atoms with E-state index in [2.05, 4.69) is 212 Å². The Morgan fingerprint density at radius 2 is 1.19 bits per heavy atom. The highest BCUT2D eigenvalue weighted by molar-refractivity contribution is 7.26. The van der Waals surface area contributed by atoms with Gasteiger partial charge >= 0.3 is 6.85 Å². The summed E-state index contributed by atoms with van der Waals surface area (Å²) >= 11 is 1.89. The van der Waals surface area contributed by atoms with Gasteiger partial charge in [0, 0.05) is 65.3 Å². The lowest BCUT2D eigenvalue weighted by Gasteiger charge is -2.51. The minimum atomic E-state index is -0.530. The quantitative estimate of drug-likeness (QED) is 0.154. The second-order valence-corrected chi connectivity index (χ2v) is 20.2. The van der Waals surface area contributed by atoms with Crippen LogP contribution in [0, 0.1) is 0 Å². The van der Waals surface area contributed by atoms with Gasteiger partial charge in [0.2, 0.25) is 0 Å². The number of furan rings is 1. The van der Waals surface area contributed by atoms with Crippen LogP contribution in [0.3, 0.4) is 0 Å². The summed E-state index contributed by atoms with van der Waals surface area (Å²) < 4.78 is 9.60. The molecule has 0 bridgehead atoms. The van der Waals surface area contributed by atoms with E-state index in [1.54, 1.807) is 0 Å². The van der Waals surface area contributed by atoms with Crippen LogP contribution in [0.2, 0.25) is 0 Å². The van der Waals surface area contributed by atoms with E-state index in [1.165, 1.54) is 115 Å². The Morgan fingerprint density at radius 3 is 1.97 bits per heavy atom. The second-order valence-electron chi connectivity index (χ2n) is 19.1. The fourth-order valence-corrected chi connectivity index (χ4v) is 13.6. The lowest BCUT2D eigenvalue weighted by molar-refractivity contribution is 0.590. The molecular formula is C59H39BN2OS. The minimum absolute atomic E-state index is 0.0162. The predicted molar refractivity (Wildman–Crippen MR) is 270 cm³/mol. The third-order valence-electron chi connectivity index (χ3n) is 15.0. The molecular weight excluding hydrogens is 796 g/mol. The molecule has 15 rings (SSSR count). The number of nitrogens with zero attached hydrogens (tertiary/aromatic N) is 2. The van der Waals surface area contributed by atoms with Crippen LogP contribution in [0.5, 0.6) is 0 Å². The average Bonchev–Trinajstić information content (AvgIpc) is 3.99. The van der Waals surface area contributed by atoms with Crippen molar-refractivity contribution in [1.82, 2.24) is 0 Å². The molecule has 5 heterocycles. The fourth-order valence-electron chi connectivity index (χ4n) is 12.5. The van der Waals surface area contributed by atoms with Crippen molar-refractivity contribution in [2.75, 3.05) is 9.71 Å². The molecule has 3 aliphatic heterocycles. The molecule has 0 unspecified atom stereocenters. The standard InChI is InChI=1S/C59H39BN2OS/c1-58(2,3)34-27-29-35(30-28-34)62-56-40(31-32-51-53(56)39-18-7-13-26-50(39)64-51)54-52-38-17-6-12-25-48(38)63-49(52)33-47-55(54)60(62)45-23-14-22-44-57(45)61(47)46-24-11-10-21-43(46)59(44)41-19-8-4-15-36(41)37-16-5-9-20-42(37)59/h4-33H,1-3H3. The van der Waals surface area contributed by atoms with Crippen molar-refractivity contribution in [3.63, 3.8) is 0 Å². The maximum Gasteiger partial charge on any atom is 0.333 e. The van der Waals surface area contributed by atoms with Crippen molar-refractivity contribution in [2.24, 2.45) is 0 Å². The van der Waals surface area contributed by atoms with Crippen molar-refractivity contribution < 1.29 is 4.42 Å². The Hall–Kier alpha value is -7.34. The van der Waals surface area contributed by atoms with Crippen molar-refractivity contribution >= 4 is 99.7 Å². The molecule has 5 heteroatoms. The zero-order chi connectivity index (χ0) is 42.2. The summed E-state index contributed by atoms with van der Waals surface area (Å²) in [6.07, 6.45) is 0. The van der Waals surface area contributed by atoms with Crippen LogP contribution in [0.15, 0.2) is 186 Å². The third-order valence-corrected chi connectivity index (χ3v) is 16.1. The van der Waals surface area contributed by atoms with Crippen molar-refractivity contribution in [2.45, 2.75) is 31.6 Å². The number of rotatable bonds is 1. The maximum atomic E-state index is 7.00. The maximum absolute atomic E-state index is 7.00. The summed E-state index contributed by atoms with van der Waals surface area (Å²) in [5.74, 6) is 0. The third kappa shape index (κ3) is 4.15. The Labute approximate surface area is 375 Å². The smallest absolute Gasteiger partial charge is 0.333 e. The first kappa shape index (κ1) is 35.2. The predicted octanol–water partition coefficient (Wildman–Crippen LogP) is 14.6. The van der Waals surface area contributed by atoms with Gasteiger partial charge in [-0.2, -0.15) is 0 Å². The van der Waals surface area contributed by atoms with Crippen LogP contribution in [0.4, 0.5) is 28.4 Å². The summed E-state index contributed by atoms with van der Waals surface area (Å²) in [5.41, 5.74) is 21.7. The van der Waals surface area contributed by atoms with E-state index in [1.807, 2.05) is 11.3 Å². The molecule has 4 aliphatic rings. The van der Waals surface area contributed by atoms with E-state index in [-0.39, 0.29) is 12.3 Å². The summed E-state index contributed by atoms with van der Waals surface area (Å²) in [4.78, 5) is 5.33. The molecule has 0 atom stereocenters. The first-order valence-corrected chi connectivity index (χ1v) is 23.3. The number of hydrogen-bond donors (Lipinski definition) is 0. The lowest BCUT2D eigenvalue weighted by atomic mass is 9.42. The van der Waals surface area contributed by atoms with Gasteiger partial charge in [0.1, 0.15) is 11.2 Å². The summed E-state index contributed by atoms with van der Waals surface area (Å²) in [5, 5.41) is 4.93. The second kappa shape index (κ2) is 12.0. The van der Waals surface area contributed by atoms with Gasteiger partial charge in [-0.15, -0.1) is 11.3 Å². The average molecular weight is 835 g/mol. The van der Waals surface area contributed by atoms with Gasteiger partial charge in [-0.1, -0.05) is 160 Å². The summed E-state index contributed by atoms with van der Waals surface area (Å²) in [6, 6.07) is 68.9. The number of hydrogen-bond acceptors (Lipinski definition) is 4. The van der Waals surface area contributed by atoms with Gasteiger partial charge in [-0.25, -0.2) is 0 Å². The number of thiophene rings is 1. The first-order valence-electron chi connectivity index (χ1n) is 22.5. The molecule has 0 amide bonds. The van der Waals surface area contributed by atoms with Gasteiger partial charge < -0.3 is 14.1 Å². The van der Waals surface area contributed by atoms with Crippen LogP contribution in [-0.2, 0) is 10.8 Å². The van der Waals surface area contributed by atoms with E-state index in [0.717, 1.165) is 16.6 Å². The Balaban J connectivity index is 1.15. The number of para-hydroxylation sites is 3. The molecule has 1 aliphatic carbocycles. The molecule has 300 valence electrons. The molecule has 1 spiro atoms. The van der Waals surface area contributed by atoms with Crippen molar-refractivity contribution in [1.29, 1.82) is 0 Å². The topological polar surface area (TPSA) is 19.6 Å². The van der Waals surface area contributed by atoms with Crippen LogP contribution >= 0.6 is 11.3 Å². The van der Waals surface area contributed by atoms with Crippen LogP contribution in [0.1, 0.15) is 48.6 Å². The molecule has 0 fully saturated rings. The van der Waals surface area contributed by atoms with E-state index < -0.39 is 5.41 Å². The van der Waals surface area contributed by atoms with Gasteiger partial charge in [0.05, 0.1) is 11.1 Å². The Bertz CT molecular complexity index is 3820. The Morgan fingerprint density at radius 1 is 0.516 bits per heavy atom. The molecule has 2 aromatic heterocycles. The zero-order valence-corrected chi connectivity index (χ0v) is 36.4. The van der Waals surface area contributed by atoms with Gasteiger partial charge in [0.15, 0.2) is 0 Å². The van der Waals surface area contributed by atoms with Gasteiger partial charge in [0.25, 0.3) is 0 Å². The molecule has 0 saturated carbocycles. The number of anilines is 5. The highest BCUT2D eigenvalue weighted by Crippen LogP contribution is 2.64. The van der Waals surface area contributed by atoms with Crippen molar-refractivity contribution in [3.8, 4) is 22.3 Å². The first-order chi connectivity index (χ1) is 31.4. The molecule has 0 saturated heterocycles. The number of fused-ring (bicyclic) bond motifs is 21. The number of benzene rings is 9. The Kier molecular flexibility index (Phi) is 6.60. The minimum Gasteiger partial charge on any atom is -0.456 e. The summed E-state index contributed by atoms with van der Waals surface area (Å²) in [6.45, 7) is 6.75. The van der Waals surface area contributed by atoms with E-state index in [4.69, 9.17) is 4.42 Å². The molecule has 9 aromatic carbocycles. The van der Waals surface area contributed by atoms with Crippen LogP contribution in [-0.4, -0.2) is 6.85 Å². The summed E-state index contributed by atoms with van der Waals surface area (Å²) in [7, 11) is 0. The highest BCUT2D eigenvalue weighted by atomic mass is 32.1. The molecule has 11 aromatic rings. The molecule has 64 heavy (non-hydrogen) atoms. The molecule has 0 N–H and O–H groups in total. The largest absolute Gasteiger partial charge is 0.456 e. The van der Waals surface area contributed by atoms with Crippen LogP contribution in [0.25, 0.3) is 64.4 Å². The molecule has 0 radical (unpaired) electrons.